The minimum Gasteiger partial charge on any atom is -0.390 e. The topological polar surface area (TPSA) is 26.7 Å². The van der Waals surface area contributed by atoms with Crippen LogP contribution in [0.4, 0.5) is 0 Å². The zero-order chi connectivity index (χ0) is 17.6. The number of halogens is 1. The van der Waals surface area contributed by atoms with Crippen molar-refractivity contribution in [3.63, 3.8) is 0 Å². The number of aliphatic hydroxyl groups is 1. The summed E-state index contributed by atoms with van der Waals surface area (Å²) < 4.78 is 1.11. The van der Waals surface area contributed by atoms with E-state index in [2.05, 4.69) is 81.3 Å². The van der Waals surface area contributed by atoms with Gasteiger partial charge < -0.3 is 5.11 Å². The van der Waals surface area contributed by atoms with Crippen LogP contribution in [-0.4, -0.2) is 47.7 Å². The number of hydrogen-bond acceptors (Lipinski definition) is 3. The zero-order valence-electron chi connectivity index (χ0n) is 14.8. The molecule has 1 fully saturated rings. The Morgan fingerprint density at radius 2 is 1.88 bits per heavy atom. The fraction of sp³-hybridized carbons (Fsp3) is 0.429. The molecule has 3 rings (SSSR count). The molecule has 0 saturated carbocycles. The van der Waals surface area contributed by atoms with Crippen LogP contribution in [0.15, 0.2) is 59.1 Å². The summed E-state index contributed by atoms with van der Waals surface area (Å²) in [5, 5.41) is 10.6. The average molecular weight is 403 g/mol. The van der Waals surface area contributed by atoms with E-state index in [1.165, 1.54) is 24.0 Å². The molecule has 1 saturated heterocycles. The highest BCUT2D eigenvalue weighted by molar-refractivity contribution is 9.10. The Bertz CT molecular complexity index is 647. The smallest absolute Gasteiger partial charge is 0.0794 e. The Hall–Kier alpha value is -1.20. The van der Waals surface area contributed by atoms with Crippen molar-refractivity contribution in [1.29, 1.82) is 0 Å². The molecule has 3 nitrogen and oxygen atoms in total. The molecule has 1 heterocycles. The summed E-state index contributed by atoms with van der Waals surface area (Å²) in [5.74, 6) is 0. The van der Waals surface area contributed by atoms with Crippen molar-refractivity contribution in [3.05, 3.63) is 70.2 Å². The van der Waals surface area contributed by atoms with Crippen molar-refractivity contribution in [2.75, 3.05) is 26.7 Å². The molecule has 0 radical (unpaired) electrons. The molecule has 0 amide bonds. The van der Waals surface area contributed by atoms with E-state index in [0.29, 0.717) is 12.6 Å². The van der Waals surface area contributed by atoms with E-state index in [9.17, 15) is 5.11 Å². The summed E-state index contributed by atoms with van der Waals surface area (Å²) in [5.41, 5.74) is 2.64. The van der Waals surface area contributed by atoms with Gasteiger partial charge in [-0.15, -0.1) is 0 Å². The van der Waals surface area contributed by atoms with Crippen LogP contribution < -0.4 is 0 Å². The monoisotopic (exact) mass is 402 g/mol. The second-order valence-electron chi connectivity index (χ2n) is 7.04. The van der Waals surface area contributed by atoms with Crippen LogP contribution in [0.3, 0.4) is 0 Å². The van der Waals surface area contributed by atoms with Crippen molar-refractivity contribution in [2.24, 2.45) is 0 Å². The van der Waals surface area contributed by atoms with Gasteiger partial charge in [0.1, 0.15) is 0 Å². The molecule has 25 heavy (non-hydrogen) atoms. The molecular weight excluding hydrogens is 376 g/mol. The average Bonchev–Trinajstić information content (AvgIpc) is 3.04. The SMILES string of the molecule is CN(Cc1ccccc1)CC(O)CN1CCCC1c1ccc(Br)cc1. The molecule has 1 aliphatic rings. The van der Waals surface area contributed by atoms with Gasteiger partial charge in [-0.3, -0.25) is 9.80 Å². The number of nitrogens with zero attached hydrogens (tertiary/aromatic N) is 2. The van der Waals surface area contributed by atoms with Crippen LogP contribution in [0.25, 0.3) is 0 Å². The third kappa shape index (κ3) is 5.38. The van der Waals surface area contributed by atoms with Gasteiger partial charge in [-0.2, -0.15) is 0 Å². The van der Waals surface area contributed by atoms with Gasteiger partial charge in [0.25, 0.3) is 0 Å². The van der Waals surface area contributed by atoms with E-state index >= 15 is 0 Å². The number of hydrogen-bond donors (Lipinski definition) is 1. The van der Waals surface area contributed by atoms with E-state index in [0.717, 1.165) is 24.1 Å². The molecule has 0 spiro atoms. The number of aliphatic hydroxyl groups excluding tert-OH is 1. The fourth-order valence-corrected chi connectivity index (χ4v) is 4.02. The number of benzene rings is 2. The van der Waals surface area contributed by atoms with Gasteiger partial charge in [0.05, 0.1) is 6.10 Å². The molecule has 0 aliphatic carbocycles. The first-order chi connectivity index (χ1) is 12.1. The molecule has 134 valence electrons. The van der Waals surface area contributed by atoms with Crippen LogP contribution in [0.2, 0.25) is 0 Å². The first-order valence-electron chi connectivity index (χ1n) is 9.02. The van der Waals surface area contributed by atoms with Crippen LogP contribution in [0.1, 0.15) is 30.0 Å². The summed E-state index contributed by atoms with van der Waals surface area (Å²) in [4.78, 5) is 4.63. The lowest BCUT2D eigenvalue weighted by molar-refractivity contribution is 0.0751. The second-order valence-corrected chi connectivity index (χ2v) is 7.96. The highest BCUT2D eigenvalue weighted by atomic mass is 79.9. The van der Waals surface area contributed by atoms with Gasteiger partial charge in [0, 0.05) is 30.1 Å². The fourth-order valence-electron chi connectivity index (χ4n) is 3.75. The lowest BCUT2D eigenvalue weighted by Crippen LogP contribution is -2.38. The molecule has 2 atom stereocenters. The van der Waals surface area contributed by atoms with Crippen LogP contribution in [-0.2, 0) is 6.54 Å². The van der Waals surface area contributed by atoms with E-state index < -0.39 is 0 Å². The van der Waals surface area contributed by atoms with Gasteiger partial charge in [-0.1, -0.05) is 58.4 Å². The van der Waals surface area contributed by atoms with Crippen molar-refractivity contribution in [3.8, 4) is 0 Å². The maximum absolute atomic E-state index is 10.6. The van der Waals surface area contributed by atoms with Gasteiger partial charge in [0.2, 0.25) is 0 Å². The van der Waals surface area contributed by atoms with Gasteiger partial charge in [-0.05, 0) is 49.7 Å². The molecule has 1 N–H and O–H groups in total. The van der Waals surface area contributed by atoms with Crippen LogP contribution in [0, 0.1) is 0 Å². The molecule has 2 aromatic rings. The highest BCUT2D eigenvalue weighted by Gasteiger charge is 2.27. The van der Waals surface area contributed by atoms with E-state index in [1.807, 2.05) is 6.07 Å². The Kier molecular flexibility index (Phi) is 6.65. The maximum Gasteiger partial charge on any atom is 0.0794 e. The summed E-state index contributed by atoms with van der Waals surface area (Å²) in [6, 6.07) is 19.5. The normalized spacial score (nSPS) is 19.4. The van der Waals surface area contributed by atoms with E-state index in [1.54, 1.807) is 0 Å². The van der Waals surface area contributed by atoms with E-state index in [-0.39, 0.29) is 6.10 Å². The number of likely N-dealkylation sites (tertiary alicyclic amines) is 1. The van der Waals surface area contributed by atoms with Crippen molar-refractivity contribution in [2.45, 2.75) is 31.5 Å². The van der Waals surface area contributed by atoms with Gasteiger partial charge in [-0.25, -0.2) is 0 Å². The number of β-amino-alcohol motifs (C(OH)–C–C–N with tert-alkyl or cyclic N) is 1. The maximum atomic E-state index is 10.6. The van der Waals surface area contributed by atoms with Crippen molar-refractivity contribution in [1.82, 2.24) is 9.80 Å². The molecule has 4 heteroatoms. The predicted molar refractivity (Wildman–Crippen MR) is 106 cm³/mol. The van der Waals surface area contributed by atoms with Crippen molar-refractivity contribution >= 4 is 15.9 Å². The summed E-state index contributed by atoms with van der Waals surface area (Å²) >= 11 is 3.50. The van der Waals surface area contributed by atoms with Crippen LogP contribution in [0.5, 0.6) is 0 Å². The minimum atomic E-state index is -0.329. The van der Waals surface area contributed by atoms with Crippen molar-refractivity contribution < 1.29 is 5.11 Å². The molecule has 2 aromatic carbocycles. The predicted octanol–water partition coefficient (Wildman–Crippen LogP) is 4.08. The van der Waals surface area contributed by atoms with Gasteiger partial charge in [0.15, 0.2) is 0 Å². The third-order valence-electron chi connectivity index (χ3n) is 4.88. The first kappa shape index (κ1) is 18.6. The molecule has 0 aromatic heterocycles. The Balaban J connectivity index is 1.52. The molecule has 1 aliphatic heterocycles. The Morgan fingerprint density at radius 1 is 1.16 bits per heavy atom. The second kappa shape index (κ2) is 8.95. The lowest BCUT2D eigenvalue weighted by Gasteiger charge is -2.29. The largest absolute Gasteiger partial charge is 0.390 e. The quantitative estimate of drug-likeness (QED) is 0.755. The summed E-state index contributed by atoms with van der Waals surface area (Å²) in [7, 11) is 2.08. The zero-order valence-corrected chi connectivity index (χ0v) is 16.4. The Labute approximate surface area is 159 Å². The number of likely N-dealkylation sites (N-methyl/N-ethyl adjacent to an activating group) is 1. The standard InChI is InChI=1S/C21H27BrN2O/c1-23(14-17-6-3-2-4-7-17)15-20(25)16-24-13-5-8-21(24)18-9-11-19(22)12-10-18/h2-4,6-7,9-12,20-21,25H,5,8,13-16H2,1H3. The summed E-state index contributed by atoms with van der Waals surface area (Å²) in [6.45, 7) is 3.37. The molecule has 0 bridgehead atoms. The van der Waals surface area contributed by atoms with E-state index in [4.69, 9.17) is 0 Å². The summed E-state index contributed by atoms with van der Waals surface area (Å²) in [6.07, 6.45) is 2.05. The first-order valence-corrected chi connectivity index (χ1v) is 9.81. The third-order valence-corrected chi connectivity index (χ3v) is 5.41. The molecule has 2 unspecified atom stereocenters. The van der Waals surface area contributed by atoms with Crippen LogP contribution >= 0.6 is 15.9 Å². The Morgan fingerprint density at radius 3 is 2.60 bits per heavy atom. The minimum absolute atomic E-state index is 0.329. The number of rotatable bonds is 7. The van der Waals surface area contributed by atoms with Gasteiger partial charge >= 0.3 is 0 Å². The lowest BCUT2D eigenvalue weighted by atomic mass is 10.0. The molecular formula is C21H27BrN2O. The highest BCUT2D eigenvalue weighted by Crippen LogP contribution is 2.32.